The van der Waals surface area contributed by atoms with E-state index >= 15 is 0 Å². The smallest absolute Gasteiger partial charge is 0.303 e. The lowest BCUT2D eigenvalue weighted by molar-refractivity contribution is -0.491. The van der Waals surface area contributed by atoms with E-state index in [4.69, 9.17) is 4.74 Å². The monoisotopic (exact) mass is 223 g/mol. The van der Waals surface area contributed by atoms with Gasteiger partial charge in [0.05, 0.1) is 0 Å². The molecule has 0 spiro atoms. The zero-order valence-corrected chi connectivity index (χ0v) is 9.17. The van der Waals surface area contributed by atoms with Gasteiger partial charge in [-0.25, -0.2) is 0 Å². The first kappa shape index (κ1) is 12.2. The molecule has 1 atom stereocenters. The second-order valence-electron chi connectivity index (χ2n) is 3.52. The molecule has 1 rings (SSSR count). The fourth-order valence-electron chi connectivity index (χ4n) is 1.33. The Balaban J connectivity index is 2.86. The van der Waals surface area contributed by atoms with Crippen LogP contribution in [0.25, 0.3) is 0 Å². The molecule has 0 heterocycles. The maximum atomic E-state index is 10.8. The van der Waals surface area contributed by atoms with E-state index in [1.165, 1.54) is 6.92 Å². The molecule has 0 aliphatic rings. The Morgan fingerprint density at radius 3 is 2.44 bits per heavy atom. The average Bonchev–Trinajstić information content (AvgIpc) is 2.16. The Bertz CT molecular complexity index is 369. The van der Waals surface area contributed by atoms with Gasteiger partial charge in [0.25, 0.3) is 0 Å². The molecule has 1 aromatic carbocycles. The van der Waals surface area contributed by atoms with Crippen LogP contribution >= 0.6 is 0 Å². The van der Waals surface area contributed by atoms with Gasteiger partial charge in [-0.1, -0.05) is 29.8 Å². The molecule has 5 heteroatoms. The molecule has 0 fully saturated rings. The van der Waals surface area contributed by atoms with Gasteiger partial charge in [0, 0.05) is 11.8 Å². The normalized spacial score (nSPS) is 11.9. The van der Waals surface area contributed by atoms with E-state index < -0.39 is 23.5 Å². The summed E-state index contributed by atoms with van der Waals surface area (Å²) < 4.78 is 4.91. The number of aryl methyl sites for hydroxylation is 1. The topological polar surface area (TPSA) is 69.4 Å². The summed E-state index contributed by atoms with van der Waals surface area (Å²) in [5.41, 5.74) is 1.68. The minimum atomic E-state index is -0.812. The van der Waals surface area contributed by atoms with Crippen LogP contribution in [-0.4, -0.2) is 17.4 Å². The molecule has 0 aromatic heterocycles. The van der Waals surface area contributed by atoms with Gasteiger partial charge in [0.1, 0.15) is 0 Å². The Hall–Kier alpha value is -1.91. The van der Waals surface area contributed by atoms with Crippen molar-refractivity contribution in [2.45, 2.75) is 20.0 Å². The standard InChI is InChI=1S/C11H13NO4/c1-8-3-5-10(6-4-8)11(7-12(14)15)16-9(2)13/h3-6,11H,7H2,1-2H3/t11-/m1/s1. The Labute approximate surface area is 93.2 Å². The third-order valence-electron chi connectivity index (χ3n) is 2.07. The lowest BCUT2D eigenvalue weighted by Gasteiger charge is -2.13. The number of hydrogen-bond acceptors (Lipinski definition) is 4. The van der Waals surface area contributed by atoms with Crippen molar-refractivity contribution in [3.8, 4) is 0 Å². The van der Waals surface area contributed by atoms with Gasteiger partial charge in [-0.05, 0) is 12.5 Å². The molecule has 0 N–H and O–H groups in total. The highest BCUT2D eigenvalue weighted by molar-refractivity contribution is 5.66. The van der Waals surface area contributed by atoms with Gasteiger partial charge >= 0.3 is 5.97 Å². The van der Waals surface area contributed by atoms with E-state index in [1.807, 2.05) is 19.1 Å². The van der Waals surface area contributed by atoms with Gasteiger partial charge in [-0.15, -0.1) is 0 Å². The summed E-state index contributed by atoms with van der Waals surface area (Å²) >= 11 is 0. The van der Waals surface area contributed by atoms with Crippen LogP contribution in [0.4, 0.5) is 0 Å². The van der Waals surface area contributed by atoms with Crippen molar-refractivity contribution in [3.05, 3.63) is 45.5 Å². The number of carbonyl (C=O) groups excluding carboxylic acids is 1. The predicted molar refractivity (Wildman–Crippen MR) is 57.5 cm³/mol. The summed E-state index contributed by atoms with van der Waals surface area (Å²) in [6.07, 6.45) is -0.812. The van der Waals surface area contributed by atoms with Crippen LogP contribution in [0.2, 0.25) is 0 Å². The average molecular weight is 223 g/mol. The first-order valence-electron chi connectivity index (χ1n) is 4.84. The number of nitrogens with zero attached hydrogens (tertiary/aromatic N) is 1. The lowest BCUT2D eigenvalue weighted by Crippen LogP contribution is -2.17. The number of carbonyl (C=O) groups is 1. The fraction of sp³-hybridized carbons (Fsp3) is 0.364. The van der Waals surface area contributed by atoms with Crippen molar-refractivity contribution in [2.24, 2.45) is 0 Å². The number of nitro groups is 1. The van der Waals surface area contributed by atoms with E-state index in [9.17, 15) is 14.9 Å². The summed E-state index contributed by atoms with van der Waals surface area (Å²) in [5.74, 6) is -0.521. The predicted octanol–water partition coefficient (Wildman–Crippen LogP) is 1.88. The van der Waals surface area contributed by atoms with Crippen LogP contribution in [0.5, 0.6) is 0 Å². The molecule has 0 aliphatic carbocycles. The first-order chi connectivity index (χ1) is 7.49. The first-order valence-corrected chi connectivity index (χ1v) is 4.84. The fourth-order valence-corrected chi connectivity index (χ4v) is 1.33. The third-order valence-corrected chi connectivity index (χ3v) is 2.07. The number of rotatable bonds is 4. The zero-order valence-electron chi connectivity index (χ0n) is 9.17. The van der Waals surface area contributed by atoms with Gasteiger partial charge in [-0.3, -0.25) is 14.9 Å². The second kappa shape index (κ2) is 5.25. The van der Waals surface area contributed by atoms with Gasteiger partial charge < -0.3 is 4.74 Å². The van der Waals surface area contributed by atoms with E-state index in [0.29, 0.717) is 5.56 Å². The second-order valence-corrected chi connectivity index (χ2v) is 3.52. The van der Waals surface area contributed by atoms with Crippen LogP contribution in [0.15, 0.2) is 24.3 Å². The highest BCUT2D eigenvalue weighted by atomic mass is 16.6. The largest absolute Gasteiger partial charge is 0.451 e. The molecule has 0 radical (unpaired) electrons. The van der Waals surface area contributed by atoms with Crippen molar-refractivity contribution in [2.75, 3.05) is 6.54 Å². The van der Waals surface area contributed by atoms with E-state index in [-0.39, 0.29) is 0 Å². The van der Waals surface area contributed by atoms with Crippen molar-refractivity contribution in [3.63, 3.8) is 0 Å². The molecule has 86 valence electrons. The Morgan fingerprint density at radius 2 is 2.00 bits per heavy atom. The molecule has 5 nitrogen and oxygen atoms in total. The summed E-state index contributed by atoms with van der Waals surface area (Å²) in [6, 6.07) is 7.11. The maximum Gasteiger partial charge on any atom is 0.303 e. The SMILES string of the molecule is CC(=O)O[C@H](C[N+](=O)[O-])c1ccc(C)cc1. The minimum absolute atomic E-state index is 0.414. The highest BCUT2D eigenvalue weighted by Crippen LogP contribution is 2.18. The van der Waals surface area contributed by atoms with Crippen LogP contribution < -0.4 is 0 Å². The Kier molecular flexibility index (Phi) is 3.99. The number of hydrogen-bond donors (Lipinski definition) is 0. The molecule has 0 amide bonds. The van der Waals surface area contributed by atoms with Crippen molar-refractivity contribution in [1.82, 2.24) is 0 Å². The number of benzene rings is 1. The van der Waals surface area contributed by atoms with Crippen LogP contribution in [-0.2, 0) is 9.53 Å². The zero-order chi connectivity index (χ0) is 12.1. The van der Waals surface area contributed by atoms with Crippen LogP contribution in [0.3, 0.4) is 0 Å². The maximum absolute atomic E-state index is 10.8. The molecule has 1 aromatic rings. The van der Waals surface area contributed by atoms with E-state index in [2.05, 4.69) is 0 Å². The lowest BCUT2D eigenvalue weighted by atomic mass is 10.1. The van der Waals surface area contributed by atoms with Gasteiger partial charge in [0.2, 0.25) is 6.54 Å². The van der Waals surface area contributed by atoms with Crippen molar-refractivity contribution in [1.29, 1.82) is 0 Å². The van der Waals surface area contributed by atoms with E-state index in [1.54, 1.807) is 12.1 Å². The number of ether oxygens (including phenoxy) is 1. The van der Waals surface area contributed by atoms with Crippen molar-refractivity contribution >= 4 is 5.97 Å². The molecular weight excluding hydrogens is 210 g/mol. The third kappa shape index (κ3) is 3.68. The number of esters is 1. The highest BCUT2D eigenvalue weighted by Gasteiger charge is 2.20. The van der Waals surface area contributed by atoms with E-state index in [0.717, 1.165) is 5.56 Å². The molecule has 0 aliphatic heterocycles. The van der Waals surface area contributed by atoms with Crippen LogP contribution in [0.1, 0.15) is 24.2 Å². The summed E-state index contributed by atoms with van der Waals surface area (Å²) in [7, 11) is 0. The summed E-state index contributed by atoms with van der Waals surface area (Å²) in [5, 5.41) is 10.4. The summed E-state index contributed by atoms with van der Waals surface area (Å²) in [4.78, 5) is 20.8. The van der Waals surface area contributed by atoms with Gasteiger partial charge in [-0.2, -0.15) is 0 Å². The van der Waals surface area contributed by atoms with Crippen molar-refractivity contribution < 1.29 is 14.5 Å². The molecule has 16 heavy (non-hydrogen) atoms. The molecule has 0 saturated heterocycles. The molecular formula is C11H13NO4. The molecule has 0 unspecified atom stereocenters. The molecule has 0 saturated carbocycles. The minimum Gasteiger partial charge on any atom is -0.451 e. The Morgan fingerprint density at radius 1 is 1.44 bits per heavy atom. The van der Waals surface area contributed by atoms with Gasteiger partial charge in [0.15, 0.2) is 6.10 Å². The van der Waals surface area contributed by atoms with Crippen LogP contribution in [0, 0.1) is 17.0 Å². The molecule has 0 bridgehead atoms. The quantitative estimate of drug-likeness (QED) is 0.444. The summed E-state index contributed by atoms with van der Waals surface area (Å²) in [6.45, 7) is 2.74.